The molecule has 0 saturated carbocycles. The molecule has 0 radical (unpaired) electrons. The van der Waals surface area contributed by atoms with Crippen LogP contribution in [0.25, 0.3) is 0 Å². The third-order valence-corrected chi connectivity index (χ3v) is 3.00. The molecule has 2 aromatic heterocycles. The number of hydrogen-bond acceptors (Lipinski definition) is 7. The molecule has 2 heterocycles. The highest BCUT2D eigenvalue weighted by Gasteiger charge is 2.11. The van der Waals surface area contributed by atoms with Gasteiger partial charge in [0.05, 0.1) is 23.9 Å². The molecule has 17 heavy (non-hydrogen) atoms. The molecule has 90 valence electrons. The Kier molecular flexibility index (Phi) is 3.72. The largest absolute Gasteiger partial charge is 0.352 e. The first kappa shape index (κ1) is 12.0. The average Bonchev–Trinajstić information content (AvgIpc) is 2.82. The molecule has 0 unspecified atom stereocenters. The standard InChI is InChI=1S/C9H11ClN6S/c1-16(3-6-4-17-5-13-6)8-7(10)2-12-9(14-8)15-11/h2,4-5H,3,11H2,1H3,(H,12,14,15). The minimum absolute atomic E-state index is 0.328. The van der Waals surface area contributed by atoms with Crippen LogP contribution >= 0.6 is 22.9 Å². The van der Waals surface area contributed by atoms with Crippen molar-refractivity contribution in [3.63, 3.8) is 0 Å². The van der Waals surface area contributed by atoms with Gasteiger partial charge in [-0.1, -0.05) is 11.6 Å². The van der Waals surface area contributed by atoms with Crippen LogP contribution in [0.15, 0.2) is 17.1 Å². The van der Waals surface area contributed by atoms with Gasteiger partial charge in [0.2, 0.25) is 5.95 Å². The number of nitrogen functional groups attached to an aromatic ring is 1. The molecule has 2 rings (SSSR count). The monoisotopic (exact) mass is 270 g/mol. The third kappa shape index (κ3) is 2.82. The fourth-order valence-electron chi connectivity index (χ4n) is 1.33. The Morgan fingerprint density at radius 3 is 3.00 bits per heavy atom. The van der Waals surface area contributed by atoms with Gasteiger partial charge in [0, 0.05) is 12.4 Å². The molecular formula is C9H11ClN6S. The zero-order valence-electron chi connectivity index (χ0n) is 9.09. The highest BCUT2D eigenvalue weighted by atomic mass is 35.5. The molecule has 0 spiro atoms. The van der Waals surface area contributed by atoms with Crippen LogP contribution in [0.3, 0.4) is 0 Å². The Morgan fingerprint density at radius 1 is 1.53 bits per heavy atom. The Hall–Kier alpha value is -1.44. The van der Waals surface area contributed by atoms with E-state index in [1.807, 2.05) is 17.3 Å². The summed E-state index contributed by atoms with van der Waals surface area (Å²) in [5.41, 5.74) is 5.14. The van der Waals surface area contributed by atoms with Crippen molar-refractivity contribution in [3.8, 4) is 0 Å². The quantitative estimate of drug-likeness (QED) is 0.648. The van der Waals surface area contributed by atoms with E-state index in [1.54, 1.807) is 16.8 Å². The van der Waals surface area contributed by atoms with E-state index >= 15 is 0 Å². The highest BCUT2D eigenvalue weighted by molar-refractivity contribution is 7.07. The molecule has 0 aliphatic heterocycles. The van der Waals surface area contributed by atoms with Crippen LogP contribution in [0, 0.1) is 0 Å². The average molecular weight is 271 g/mol. The Bertz CT molecular complexity index is 488. The van der Waals surface area contributed by atoms with E-state index in [0.29, 0.717) is 23.3 Å². The number of nitrogens with one attached hydrogen (secondary N) is 1. The van der Waals surface area contributed by atoms with Crippen LogP contribution < -0.4 is 16.2 Å². The maximum Gasteiger partial charge on any atom is 0.239 e. The second-order valence-electron chi connectivity index (χ2n) is 3.35. The van der Waals surface area contributed by atoms with Gasteiger partial charge in [-0.15, -0.1) is 11.3 Å². The van der Waals surface area contributed by atoms with Crippen LogP contribution in [0.5, 0.6) is 0 Å². The predicted octanol–water partition coefficient (Wildman–Crippen LogP) is 1.51. The van der Waals surface area contributed by atoms with Crippen LogP contribution in [0.2, 0.25) is 5.02 Å². The molecule has 2 aromatic rings. The lowest BCUT2D eigenvalue weighted by Crippen LogP contribution is -2.20. The minimum Gasteiger partial charge on any atom is -0.352 e. The lowest BCUT2D eigenvalue weighted by Gasteiger charge is -2.18. The SMILES string of the molecule is CN(Cc1cscn1)c1nc(NN)ncc1Cl. The smallest absolute Gasteiger partial charge is 0.239 e. The van der Waals surface area contributed by atoms with Crippen molar-refractivity contribution >= 4 is 34.7 Å². The van der Waals surface area contributed by atoms with E-state index in [9.17, 15) is 0 Å². The van der Waals surface area contributed by atoms with E-state index < -0.39 is 0 Å². The van der Waals surface area contributed by atoms with E-state index in [2.05, 4.69) is 20.4 Å². The van der Waals surface area contributed by atoms with Crippen molar-refractivity contribution < 1.29 is 0 Å². The van der Waals surface area contributed by atoms with Crippen molar-refractivity contribution in [1.29, 1.82) is 0 Å². The van der Waals surface area contributed by atoms with Crippen molar-refractivity contribution in [1.82, 2.24) is 15.0 Å². The molecule has 0 amide bonds. The summed E-state index contributed by atoms with van der Waals surface area (Å²) in [4.78, 5) is 14.2. The Labute approximate surface area is 107 Å². The Balaban J connectivity index is 2.20. The van der Waals surface area contributed by atoms with E-state index in [-0.39, 0.29) is 0 Å². The fraction of sp³-hybridized carbons (Fsp3) is 0.222. The first-order valence-electron chi connectivity index (χ1n) is 4.78. The second kappa shape index (κ2) is 5.26. The van der Waals surface area contributed by atoms with Crippen molar-refractivity contribution in [2.75, 3.05) is 17.4 Å². The number of halogens is 1. The number of hydrogen-bond donors (Lipinski definition) is 2. The summed E-state index contributed by atoms with van der Waals surface area (Å²) in [6.07, 6.45) is 1.51. The van der Waals surface area contributed by atoms with Crippen LogP contribution in [-0.4, -0.2) is 22.0 Å². The van der Waals surface area contributed by atoms with Crippen molar-refractivity contribution in [3.05, 3.63) is 27.8 Å². The van der Waals surface area contributed by atoms with Gasteiger partial charge in [-0.3, -0.25) is 5.43 Å². The van der Waals surface area contributed by atoms with Gasteiger partial charge in [-0.05, 0) is 0 Å². The van der Waals surface area contributed by atoms with E-state index in [1.165, 1.54) is 6.20 Å². The summed E-state index contributed by atoms with van der Waals surface area (Å²) in [6, 6.07) is 0. The minimum atomic E-state index is 0.328. The van der Waals surface area contributed by atoms with Crippen LogP contribution in [-0.2, 0) is 6.54 Å². The van der Waals surface area contributed by atoms with Gasteiger partial charge in [0.1, 0.15) is 5.02 Å². The number of aromatic nitrogens is 3. The maximum absolute atomic E-state index is 6.04. The summed E-state index contributed by atoms with van der Waals surface area (Å²) < 4.78 is 0. The predicted molar refractivity (Wildman–Crippen MR) is 69.1 cm³/mol. The zero-order chi connectivity index (χ0) is 12.3. The molecule has 0 saturated heterocycles. The van der Waals surface area contributed by atoms with Gasteiger partial charge in [-0.25, -0.2) is 15.8 Å². The lowest BCUT2D eigenvalue weighted by atomic mass is 10.4. The molecule has 0 aromatic carbocycles. The molecule has 0 aliphatic rings. The molecule has 0 atom stereocenters. The Morgan fingerprint density at radius 2 is 2.35 bits per heavy atom. The number of hydrazine groups is 1. The van der Waals surface area contributed by atoms with Gasteiger partial charge >= 0.3 is 0 Å². The molecule has 6 nitrogen and oxygen atoms in total. The molecule has 0 bridgehead atoms. The summed E-state index contributed by atoms with van der Waals surface area (Å²) in [7, 11) is 1.88. The number of nitrogens with two attached hydrogens (primary N) is 1. The normalized spacial score (nSPS) is 10.3. The molecule has 3 N–H and O–H groups in total. The maximum atomic E-state index is 6.04. The van der Waals surface area contributed by atoms with Gasteiger partial charge in [0.25, 0.3) is 0 Å². The molecular weight excluding hydrogens is 260 g/mol. The zero-order valence-corrected chi connectivity index (χ0v) is 10.7. The van der Waals surface area contributed by atoms with Gasteiger partial charge in [-0.2, -0.15) is 4.98 Å². The van der Waals surface area contributed by atoms with Gasteiger partial charge < -0.3 is 4.90 Å². The number of anilines is 2. The summed E-state index contributed by atoms with van der Waals surface area (Å²) in [5, 5.41) is 2.45. The first-order chi connectivity index (χ1) is 8.20. The molecule has 0 fully saturated rings. The molecule has 0 aliphatic carbocycles. The number of thiazole rings is 1. The topological polar surface area (TPSA) is 80.0 Å². The molecule has 8 heteroatoms. The lowest BCUT2D eigenvalue weighted by molar-refractivity contribution is 0.869. The van der Waals surface area contributed by atoms with E-state index in [4.69, 9.17) is 17.4 Å². The van der Waals surface area contributed by atoms with E-state index in [0.717, 1.165) is 5.69 Å². The second-order valence-corrected chi connectivity index (χ2v) is 4.47. The fourth-order valence-corrected chi connectivity index (χ4v) is 2.11. The number of rotatable bonds is 4. The number of nitrogens with zero attached hydrogens (tertiary/aromatic N) is 4. The highest BCUT2D eigenvalue weighted by Crippen LogP contribution is 2.23. The van der Waals surface area contributed by atoms with Crippen LogP contribution in [0.1, 0.15) is 5.69 Å². The third-order valence-electron chi connectivity index (χ3n) is 2.10. The first-order valence-corrected chi connectivity index (χ1v) is 6.10. The van der Waals surface area contributed by atoms with Crippen molar-refractivity contribution in [2.24, 2.45) is 5.84 Å². The summed E-state index contributed by atoms with van der Waals surface area (Å²) in [5.74, 6) is 6.20. The van der Waals surface area contributed by atoms with Crippen LogP contribution in [0.4, 0.5) is 11.8 Å². The van der Waals surface area contributed by atoms with Gasteiger partial charge in [0.15, 0.2) is 5.82 Å². The summed E-state index contributed by atoms with van der Waals surface area (Å²) >= 11 is 7.59. The summed E-state index contributed by atoms with van der Waals surface area (Å²) in [6.45, 7) is 0.629. The van der Waals surface area contributed by atoms with Crippen molar-refractivity contribution in [2.45, 2.75) is 6.54 Å².